The number of methoxy groups -OCH3 is 1. The SMILES string of the molecule is CCNC(=NCC(C)(C)OC)NCCC(O)(c1nccn1C)C(F)(F)F.I. The fraction of sp³-hybridized carbons (Fsp3) is 0.750. The Bertz CT molecular complexity index is 607. The number of aryl methyl sites for hydroxylation is 1. The van der Waals surface area contributed by atoms with E-state index in [1.165, 1.54) is 19.4 Å². The van der Waals surface area contributed by atoms with Crippen LogP contribution in [0.5, 0.6) is 0 Å². The fourth-order valence-electron chi connectivity index (χ4n) is 2.18. The third kappa shape index (κ3) is 7.11. The van der Waals surface area contributed by atoms with Crippen LogP contribution in [0, 0.1) is 0 Å². The molecule has 0 bridgehead atoms. The van der Waals surface area contributed by atoms with Crippen LogP contribution in [0.4, 0.5) is 13.2 Å². The number of rotatable bonds is 8. The molecule has 1 rings (SSSR count). The quantitative estimate of drug-likeness (QED) is 0.286. The van der Waals surface area contributed by atoms with Crippen molar-refractivity contribution in [3.8, 4) is 0 Å². The molecule has 0 saturated heterocycles. The van der Waals surface area contributed by atoms with Crippen molar-refractivity contribution < 1.29 is 23.0 Å². The van der Waals surface area contributed by atoms with Gasteiger partial charge in [-0.25, -0.2) is 4.98 Å². The molecule has 1 aromatic heterocycles. The van der Waals surface area contributed by atoms with Crippen LogP contribution in [0.15, 0.2) is 17.4 Å². The van der Waals surface area contributed by atoms with Crippen molar-refractivity contribution in [2.75, 3.05) is 26.7 Å². The van der Waals surface area contributed by atoms with E-state index in [1.54, 1.807) is 7.11 Å². The zero-order chi connectivity index (χ0) is 20.0. The molecule has 0 spiro atoms. The number of alkyl halides is 3. The molecule has 0 aliphatic heterocycles. The molecule has 1 atom stereocenters. The van der Waals surface area contributed by atoms with Crippen LogP contribution in [0.25, 0.3) is 0 Å². The Labute approximate surface area is 174 Å². The number of hydrogen-bond donors (Lipinski definition) is 3. The van der Waals surface area contributed by atoms with E-state index in [2.05, 4.69) is 20.6 Å². The molecule has 27 heavy (non-hydrogen) atoms. The van der Waals surface area contributed by atoms with Crippen molar-refractivity contribution in [1.82, 2.24) is 20.2 Å². The second-order valence-corrected chi connectivity index (χ2v) is 6.56. The molecule has 1 aromatic rings. The van der Waals surface area contributed by atoms with Crippen LogP contribution in [0.3, 0.4) is 0 Å². The molecule has 0 radical (unpaired) electrons. The van der Waals surface area contributed by atoms with Gasteiger partial charge in [0.05, 0.1) is 12.1 Å². The van der Waals surface area contributed by atoms with E-state index in [1.807, 2.05) is 20.8 Å². The number of hydrogen-bond acceptors (Lipinski definition) is 4. The maximum atomic E-state index is 13.5. The van der Waals surface area contributed by atoms with Crippen LogP contribution < -0.4 is 10.6 Å². The first-order chi connectivity index (χ1) is 12.0. The van der Waals surface area contributed by atoms with Crippen molar-refractivity contribution in [2.45, 2.75) is 44.6 Å². The summed E-state index contributed by atoms with van der Waals surface area (Å²) in [5, 5.41) is 16.1. The molecule has 3 N–H and O–H groups in total. The highest BCUT2D eigenvalue weighted by atomic mass is 127. The van der Waals surface area contributed by atoms with Crippen molar-refractivity contribution >= 4 is 29.9 Å². The normalized spacial score (nSPS) is 15.1. The van der Waals surface area contributed by atoms with Crippen LogP contribution in [0.2, 0.25) is 0 Å². The predicted octanol–water partition coefficient (Wildman–Crippen LogP) is 2.16. The zero-order valence-electron chi connectivity index (χ0n) is 16.2. The molecule has 0 aliphatic rings. The van der Waals surface area contributed by atoms with Crippen molar-refractivity contribution in [3.05, 3.63) is 18.2 Å². The van der Waals surface area contributed by atoms with E-state index < -0.39 is 29.6 Å². The third-order valence-electron chi connectivity index (χ3n) is 3.95. The summed E-state index contributed by atoms with van der Waals surface area (Å²) in [6.07, 6.45) is -2.89. The van der Waals surface area contributed by atoms with E-state index in [4.69, 9.17) is 4.74 Å². The number of aromatic nitrogens is 2. The van der Waals surface area contributed by atoms with Gasteiger partial charge in [-0.1, -0.05) is 0 Å². The summed E-state index contributed by atoms with van der Waals surface area (Å²) in [6.45, 7) is 6.26. The van der Waals surface area contributed by atoms with E-state index in [0.29, 0.717) is 19.0 Å². The van der Waals surface area contributed by atoms with Crippen LogP contribution in [-0.4, -0.2) is 59.1 Å². The summed E-state index contributed by atoms with van der Waals surface area (Å²) in [7, 11) is 2.97. The van der Waals surface area contributed by atoms with E-state index >= 15 is 0 Å². The standard InChI is InChI=1S/C16H28F3N5O2.HI/c1-6-20-13(23-11-14(2,3)26-5)22-8-7-15(25,16(17,18)19)12-21-9-10-24(12)4;/h9-10,25H,6-8,11H2,1-5H3,(H2,20,22,23);1H. The molecule has 0 amide bonds. The molecular weight excluding hydrogens is 478 g/mol. The number of ether oxygens (including phenoxy) is 1. The first-order valence-corrected chi connectivity index (χ1v) is 8.31. The molecule has 158 valence electrons. The summed E-state index contributed by atoms with van der Waals surface area (Å²) < 4.78 is 46.9. The second kappa shape index (κ2) is 10.5. The summed E-state index contributed by atoms with van der Waals surface area (Å²) in [6, 6.07) is 0. The minimum Gasteiger partial charge on any atom is -0.377 e. The Morgan fingerprint density at radius 3 is 2.41 bits per heavy atom. The van der Waals surface area contributed by atoms with Crippen molar-refractivity contribution in [1.29, 1.82) is 0 Å². The zero-order valence-corrected chi connectivity index (χ0v) is 18.6. The lowest BCUT2D eigenvalue weighted by atomic mass is 9.97. The highest BCUT2D eigenvalue weighted by molar-refractivity contribution is 14.0. The smallest absolute Gasteiger partial charge is 0.377 e. The van der Waals surface area contributed by atoms with E-state index in [-0.39, 0.29) is 30.5 Å². The first kappa shape index (κ1) is 25.9. The first-order valence-electron chi connectivity index (χ1n) is 8.31. The van der Waals surface area contributed by atoms with Crippen LogP contribution >= 0.6 is 24.0 Å². The van der Waals surface area contributed by atoms with E-state index in [9.17, 15) is 18.3 Å². The summed E-state index contributed by atoms with van der Waals surface area (Å²) in [4.78, 5) is 7.97. The number of aliphatic hydroxyl groups is 1. The number of halogens is 4. The van der Waals surface area contributed by atoms with Crippen LogP contribution in [-0.2, 0) is 17.4 Å². The lowest BCUT2D eigenvalue weighted by Gasteiger charge is -2.30. The summed E-state index contributed by atoms with van der Waals surface area (Å²) >= 11 is 0. The molecule has 1 heterocycles. The van der Waals surface area contributed by atoms with Gasteiger partial charge in [0.2, 0.25) is 5.60 Å². The van der Waals surface area contributed by atoms with Gasteiger partial charge < -0.3 is 25.0 Å². The molecule has 1 unspecified atom stereocenters. The molecule has 0 saturated carbocycles. The molecule has 11 heteroatoms. The number of imidazole rings is 1. The highest BCUT2D eigenvalue weighted by Gasteiger charge is 2.57. The van der Waals surface area contributed by atoms with Gasteiger partial charge in [-0.05, 0) is 20.8 Å². The Hall–Kier alpha value is -1.08. The molecular formula is C16H29F3IN5O2. The molecule has 0 aromatic carbocycles. The van der Waals surface area contributed by atoms with Gasteiger partial charge in [-0.2, -0.15) is 13.2 Å². The molecule has 7 nitrogen and oxygen atoms in total. The topological polar surface area (TPSA) is 83.7 Å². The van der Waals surface area contributed by atoms with Crippen LogP contribution in [0.1, 0.15) is 33.0 Å². The Kier molecular flexibility index (Phi) is 10.0. The number of nitrogens with one attached hydrogen (secondary N) is 2. The lowest BCUT2D eigenvalue weighted by Crippen LogP contribution is -2.48. The Morgan fingerprint density at radius 2 is 1.96 bits per heavy atom. The fourth-order valence-corrected chi connectivity index (χ4v) is 2.18. The summed E-state index contributed by atoms with van der Waals surface area (Å²) in [5.74, 6) is -0.101. The van der Waals surface area contributed by atoms with Gasteiger partial charge in [0.1, 0.15) is 5.82 Å². The highest BCUT2D eigenvalue weighted by Crippen LogP contribution is 2.40. The van der Waals surface area contributed by atoms with E-state index in [0.717, 1.165) is 4.57 Å². The van der Waals surface area contributed by atoms with Crippen molar-refractivity contribution in [3.63, 3.8) is 0 Å². The number of nitrogens with zero attached hydrogens (tertiary/aromatic N) is 3. The largest absolute Gasteiger partial charge is 0.424 e. The maximum Gasteiger partial charge on any atom is 0.424 e. The minimum atomic E-state index is -4.86. The van der Waals surface area contributed by atoms with Gasteiger partial charge >= 0.3 is 6.18 Å². The van der Waals surface area contributed by atoms with Gasteiger partial charge in [0, 0.05) is 46.1 Å². The number of guanidine groups is 1. The second-order valence-electron chi connectivity index (χ2n) is 6.56. The van der Waals surface area contributed by atoms with Gasteiger partial charge in [-0.3, -0.25) is 4.99 Å². The maximum absolute atomic E-state index is 13.5. The van der Waals surface area contributed by atoms with Crippen molar-refractivity contribution in [2.24, 2.45) is 12.0 Å². The Morgan fingerprint density at radius 1 is 1.33 bits per heavy atom. The third-order valence-corrected chi connectivity index (χ3v) is 3.95. The average Bonchev–Trinajstić information content (AvgIpc) is 2.98. The molecule has 0 aliphatic carbocycles. The summed E-state index contributed by atoms with van der Waals surface area (Å²) in [5.41, 5.74) is -3.55. The minimum absolute atomic E-state index is 0. The Balaban J connectivity index is 0.00000676. The van der Waals surface area contributed by atoms with Gasteiger partial charge in [0.15, 0.2) is 5.96 Å². The predicted molar refractivity (Wildman–Crippen MR) is 108 cm³/mol. The monoisotopic (exact) mass is 507 g/mol. The van der Waals surface area contributed by atoms with Gasteiger partial charge in [-0.15, -0.1) is 24.0 Å². The van der Waals surface area contributed by atoms with Gasteiger partial charge in [0.25, 0.3) is 0 Å². The molecule has 0 fully saturated rings. The number of aliphatic imine (C=N–C) groups is 1. The lowest BCUT2D eigenvalue weighted by molar-refractivity contribution is -0.272. The average molecular weight is 507 g/mol.